The lowest BCUT2D eigenvalue weighted by molar-refractivity contribution is 0.102. The fraction of sp³-hybridized carbons (Fsp3) is 0.130. The number of aromatic nitrogens is 1. The molecule has 0 saturated heterocycles. The van der Waals surface area contributed by atoms with Gasteiger partial charge in [0, 0.05) is 24.7 Å². The summed E-state index contributed by atoms with van der Waals surface area (Å²) in [7, 11) is -3.76. The number of carbonyl (C=O) groups is 1. The Hall–Kier alpha value is -3.21. The predicted molar refractivity (Wildman–Crippen MR) is 124 cm³/mol. The molecule has 1 heterocycles. The van der Waals surface area contributed by atoms with Crippen LogP contribution in [0.15, 0.2) is 71.6 Å². The van der Waals surface area contributed by atoms with E-state index in [1.54, 1.807) is 6.92 Å². The molecule has 1 N–H and O–H groups in total. The van der Waals surface area contributed by atoms with Crippen molar-refractivity contribution in [3.05, 3.63) is 89.5 Å². The normalized spacial score (nSPS) is 11.8. The molecule has 6 nitrogen and oxygen atoms in total. The molecule has 0 atom stereocenters. The number of anilines is 1. The van der Waals surface area contributed by atoms with Crippen LogP contribution >= 0.6 is 11.3 Å². The molecule has 0 unspecified atom stereocenters. The zero-order valence-corrected chi connectivity index (χ0v) is 19.1. The number of halogens is 2. The molecule has 0 fully saturated rings. The second-order valence-electron chi connectivity index (χ2n) is 7.15. The summed E-state index contributed by atoms with van der Waals surface area (Å²) in [6, 6.07) is 16.7. The first-order chi connectivity index (χ1) is 15.8. The van der Waals surface area contributed by atoms with E-state index < -0.39 is 27.6 Å². The lowest BCUT2D eigenvalue weighted by Crippen LogP contribution is -2.30. The van der Waals surface area contributed by atoms with Crippen molar-refractivity contribution < 1.29 is 22.0 Å². The van der Waals surface area contributed by atoms with Crippen LogP contribution in [-0.4, -0.2) is 30.2 Å². The summed E-state index contributed by atoms with van der Waals surface area (Å²) in [5.74, 6) is -2.09. The Labute approximate surface area is 193 Å². The molecule has 0 aliphatic rings. The Kier molecular flexibility index (Phi) is 6.50. The molecule has 0 spiro atoms. The molecule has 0 saturated carbocycles. The monoisotopic (exact) mass is 487 g/mol. The van der Waals surface area contributed by atoms with Gasteiger partial charge in [0.25, 0.3) is 5.91 Å². The minimum atomic E-state index is -3.76. The first-order valence-electron chi connectivity index (χ1n) is 9.99. The first kappa shape index (κ1) is 23.0. The van der Waals surface area contributed by atoms with Crippen LogP contribution in [0.1, 0.15) is 22.8 Å². The molecular formula is C23H19F2N3O3S2. The van der Waals surface area contributed by atoms with Crippen LogP contribution in [0.3, 0.4) is 0 Å². The topological polar surface area (TPSA) is 79.4 Å². The van der Waals surface area contributed by atoms with Crippen molar-refractivity contribution in [1.29, 1.82) is 0 Å². The third kappa shape index (κ3) is 4.92. The van der Waals surface area contributed by atoms with E-state index in [0.717, 1.165) is 29.0 Å². The Balaban J connectivity index is 1.51. The summed E-state index contributed by atoms with van der Waals surface area (Å²) < 4.78 is 54.9. The minimum absolute atomic E-state index is 0.0313. The van der Waals surface area contributed by atoms with Gasteiger partial charge in [-0.2, -0.15) is 4.31 Å². The summed E-state index contributed by atoms with van der Waals surface area (Å²) in [5.41, 5.74) is 1.04. The van der Waals surface area contributed by atoms with Crippen molar-refractivity contribution in [3.63, 3.8) is 0 Å². The number of nitrogens with zero attached hydrogens (tertiary/aromatic N) is 2. The lowest BCUT2D eigenvalue weighted by atomic mass is 10.2. The van der Waals surface area contributed by atoms with Gasteiger partial charge in [-0.25, -0.2) is 22.2 Å². The van der Waals surface area contributed by atoms with Crippen molar-refractivity contribution >= 4 is 42.6 Å². The van der Waals surface area contributed by atoms with Gasteiger partial charge >= 0.3 is 0 Å². The van der Waals surface area contributed by atoms with Crippen LogP contribution in [0, 0.1) is 11.6 Å². The molecule has 33 heavy (non-hydrogen) atoms. The standard InChI is InChI=1S/C23H19F2N3O3S2/c1-2-28(14-15-6-4-3-5-7-15)33(30,31)18-10-8-16(9-11-18)22(29)27-23-26-21-19(25)12-17(24)13-20(21)32-23/h3-13H,2,14H2,1H3,(H,26,27,29). The van der Waals surface area contributed by atoms with Crippen molar-refractivity contribution in [2.24, 2.45) is 0 Å². The summed E-state index contributed by atoms with van der Waals surface area (Å²) in [4.78, 5) is 16.6. The SMILES string of the molecule is CCN(Cc1ccccc1)S(=O)(=O)c1ccc(C(=O)Nc2nc3c(F)cc(F)cc3s2)cc1. The van der Waals surface area contributed by atoms with Gasteiger partial charge in [0.15, 0.2) is 10.9 Å². The van der Waals surface area contributed by atoms with Crippen molar-refractivity contribution in [2.75, 3.05) is 11.9 Å². The number of hydrogen-bond donors (Lipinski definition) is 1. The molecule has 1 aromatic heterocycles. The van der Waals surface area contributed by atoms with E-state index in [1.165, 1.54) is 28.6 Å². The van der Waals surface area contributed by atoms with Crippen molar-refractivity contribution in [3.8, 4) is 0 Å². The van der Waals surface area contributed by atoms with Gasteiger partial charge in [-0.1, -0.05) is 48.6 Å². The largest absolute Gasteiger partial charge is 0.298 e. The summed E-state index contributed by atoms with van der Waals surface area (Å²) in [6.07, 6.45) is 0. The van der Waals surface area contributed by atoms with Gasteiger partial charge in [0.2, 0.25) is 10.0 Å². The van der Waals surface area contributed by atoms with Gasteiger partial charge in [0.1, 0.15) is 11.3 Å². The van der Waals surface area contributed by atoms with Crippen molar-refractivity contribution in [2.45, 2.75) is 18.4 Å². The number of benzene rings is 3. The summed E-state index contributed by atoms with van der Waals surface area (Å²) in [5, 5.41) is 2.65. The predicted octanol–water partition coefficient (Wildman–Crippen LogP) is 5.04. The number of carbonyl (C=O) groups excluding carboxylic acids is 1. The van der Waals surface area contributed by atoms with E-state index in [0.29, 0.717) is 0 Å². The molecule has 4 rings (SSSR count). The van der Waals surface area contributed by atoms with E-state index in [-0.39, 0.29) is 38.9 Å². The van der Waals surface area contributed by atoms with Crippen LogP contribution in [0.25, 0.3) is 10.2 Å². The molecule has 1 amide bonds. The highest BCUT2D eigenvalue weighted by Crippen LogP contribution is 2.29. The van der Waals surface area contributed by atoms with Crippen molar-refractivity contribution in [1.82, 2.24) is 9.29 Å². The number of sulfonamides is 1. The minimum Gasteiger partial charge on any atom is -0.298 e. The number of rotatable bonds is 7. The van der Waals surface area contributed by atoms with E-state index >= 15 is 0 Å². The molecule has 3 aromatic carbocycles. The van der Waals surface area contributed by atoms with Crippen LogP contribution < -0.4 is 5.32 Å². The van der Waals surface area contributed by atoms with Gasteiger partial charge in [-0.3, -0.25) is 10.1 Å². The average Bonchev–Trinajstić information content (AvgIpc) is 3.20. The Morgan fingerprint density at radius 2 is 1.76 bits per heavy atom. The molecule has 0 aliphatic heterocycles. The Morgan fingerprint density at radius 3 is 2.42 bits per heavy atom. The van der Waals surface area contributed by atoms with Gasteiger partial charge in [-0.05, 0) is 35.9 Å². The number of hydrogen-bond acceptors (Lipinski definition) is 5. The summed E-state index contributed by atoms with van der Waals surface area (Å²) in [6.45, 7) is 2.28. The first-order valence-corrected chi connectivity index (χ1v) is 12.2. The number of amides is 1. The average molecular weight is 488 g/mol. The van der Waals surface area contributed by atoms with Gasteiger partial charge in [-0.15, -0.1) is 0 Å². The highest BCUT2D eigenvalue weighted by Gasteiger charge is 2.23. The van der Waals surface area contributed by atoms with Crippen LogP contribution in [-0.2, 0) is 16.6 Å². The highest BCUT2D eigenvalue weighted by atomic mass is 32.2. The summed E-state index contributed by atoms with van der Waals surface area (Å²) >= 11 is 0.938. The number of thiazole rings is 1. The second-order valence-corrected chi connectivity index (χ2v) is 10.1. The van der Waals surface area contributed by atoms with E-state index in [1.807, 2.05) is 30.3 Å². The molecule has 0 aliphatic carbocycles. The van der Waals surface area contributed by atoms with Gasteiger partial charge in [0.05, 0.1) is 9.60 Å². The third-order valence-corrected chi connectivity index (χ3v) is 7.80. The Morgan fingerprint density at radius 1 is 1.06 bits per heavy atom. The molecule has 0 bridgehead atoms. The zero-order valence-electron chi connectivity index (χ0n) is 17.5. The van der Waals surface area contributed by atoms with Crippen LogP contribution in [0.5, 0.6) is 0 Å². The second kappa shape index (κ2) is 9.34. The maximum absolute atomic E-state index is 13.8. The number of nitrogens with one attached hydrogen (secondary N) is 1. The van der Waals surface area contributed by atoms with E-state index in [2.05, 4.69) is 10.3 Å². The maximum atomic E-state index is 13.8. The molecule has 170 valence electrons. The fourth-order valence-corrected chi connectivity index (χ4v) is 5.60. The number of fused-ring (bicyclic) bond motifs is 1. The molecular weight excluding hydrogens is 468 g/mol. The van der Waals surface area contributed by atoms with E-state index in [9.17, 15) is 22.0 Å². The maximum Gasteiger partial charge on any atom is 0.257 e. The molecule has 0 radical (unpaired) electrons. The third-order valence-electron chi connectivity index (χ3n) is 4.94. The van der Waals surface area contributed by atoms with Crippen LogP contribution in [0.2, 0.25) is 0 Å². The molecule has 4 aromatic rings. The van der Waals surface area contributed by atoms with Gasteiger partial charge < -0.3 is 0 Å². The van der Waals surface area contributed by atoms with E-state index in [4.69, 9.17) is 0 Å². The quantitative estimate of drug-likeness (QED) is 0.396. The highest BCUT2D eigenvalue weighted by molar-refractivity contribution is 7.89. The van der Waals surface area contributed by atoms with Crippen LogP contribution in [0.4, 0.5) is 13.9 Å². The Bertz CT molecular complexity index is 1410. The molecule has 10 heteroatoms. The lowest BCUT2D eigenvalue weighted by Gasteiger charge is -2.20. The smallest absolute Gasteiger partial charge is 0.257 e. The zero-order chi connectivity index (χ0) is 23.6. The fourth-order valence-electron chi connectivity index (χ4n) is 3.26.